The van der Waals surface area contributed by atoms with Crippen molar-refractivity contribution < 1.29 is 18.7 Å². The Kier molecular flexibility index (Phi) is 6.44. The van der Waals surface area contributed by atoms with E-state index < -0.39 is 18.5 Å². The Morgan fingerprint density at radius 1 is 1.11 bits per heavy atom. The van der Waals surface area contributed by atoms with Crippen LogP contribution in [-0.2, 0) is 14.3 Å². The fraction of sp³-hybridized carbons (Fsp3) is 0.200. The molecule has 0 spiro atoms. The predicted octanol–water partition coefficient (Wildman–Crippen LogP) is 3.63. The first-order valence-corrected chi connectivity index (χ1v) is 9.54. The van der Waals surface area contributed by atoms with Crippen LogP contribution < -0.4 is 5.32 Å². The molecule has 3 rings (SSSR count). The van der Waals surface area contributed by atoms with Crippen molar-refractivity contribution >= 4 is 29.7 Å². The molecule has 1 N–H and O–H groups in total. The van der Waals surface area contributed by atoms with Gasteiger partial charge >= 0.3 is 12.0 Å². The van der Waals surface area contributed by atoms with Gasteiger partial charge in [-0.2, -0.15) is 0 Å². The number of anilines is 1. The van der Waals surface area contributed by atoms with Crippen molar-refractivity contribution in [1.82, 2.24) is 10.2 Å². The molecule has 0 aliphatic heterocycles. The SMILES string of the molecule is Cc1ccc(C)c(SCC(=O)OCC(=O)Nc2nnc(-c3ccccc3)o2)c1. The minimum absolute atomic E-state index is 0.0512. The molecule has 0 unspecified atom stereocenters. The van der Waals surface area contributed by atoms with Gasteiger partial charge in [0, 0.05) is 10.5 Å². The fourth-order valence-corrected chi connectivity index (χ4v) is 3.24. The Morgan fingerprint density at radius 2 is 1.89 bits per heavy atom. The highest BCUT2D eigenvalue weighted by Gasteiger charge is 2.13. The van der Waals surface area contributed by atoms with Crippen molar-refractivity contribution in [2.75, 3.05) is 17.7 Å². The third-order valence-electron chi connectivity index (χ3n) is 3.75. The van der Waals surface area contributed by atoms with Crippen molar-refractivity contribution in [3.63, 3.8) is 0 Å². The van der Waals surface area contributed by atoms with Crippen molar-refractivity contribution in [3.05, 3.63) is 59.7 Å². The summed E-state index contributed by atoms with van der Waals surface area (Å²) in [7, 11) is 0. The number of nitrogens with one attached hydrogen (secondary N) is 1. The van der Waals surface area contributed by atoms with Crippen LogP contribution in [0.3, 0.4) is 0 Å². The molecule has 7 nitrogen and oxygen atoms in total. The number of amides is 1. The number of ether oxygens (including phenoxy) is 1. The summed E-state index contributed by atoms with van der Waals surface area (Å²) >= 11 is 1.38. The number of carbonyl (C=O) groups is 2. The highest BCUT2D eigenvalue weighted by Crippen LogP contribution is 2.23. The molecular formula is C20H19N3O4S. The Labute approximate surface area is 166 Å². The van der Waals surface area contributed by atoms with E-state index in [0.29, 0.717) is 0 Å². The summed E-state index contributed by atoms with van der Waals surface area (Å²) in [5.41, 5.74) is 2.95. The van der Waals surface area contributed by atoms with Gasteiger partial charge in [-0.05, 0) is 37.6 Å². The number of aryl methyl sites for hydroxylation is 2. The largest absolute Gasteiger partial charge is 0.455 e. The number of hydrogen-bond acceptors (Lipinski definition) is 7. The van der Waals surface area contributed by atoms with E-state index in [4.69, 9.17) is 9.15 Å². The molecular weight excluding hydrogens is 378 g/mol. The second-order valence-corrected chi connectivity index (χ2v) is 7.06. The number of benzene rings is 2. The summed E-state index contributed by atoms with van der Waals surface area (Å²) < 4.78 is 10.4. The molecule has 1 heterocycles. The average Bonchev–Trinajstić information content (AvgIpc) is 3.16. The smallest absolute Gasteiger partial charge is 0.322 e. The maximum Gasteiger partial charge on any atom is 0.322 e. The third-order valence-corrected chi connectivity index (χ3v) is 4.88. The summed E-state index contributed by atoms with van der Waals surface area (Å²) in [4.78, 5) is 24.8. The molecule has 0 bridgehead atoms. The van der Waals surface area contributed by atoms with E-state index in [-0.39, 0.29) is 17.7 Å². The van der Waals surface area contributed by atoms with Crippen molar-refractivity contribution in [3.8, 4) is 11.5 Å². The summed E-state index contributed by atoms with van der Waals surface area (Å²) in [6.07, 6.45) is 0. The normalized spacial score (nSPS) is 10.5. The zero-order chi connectivity index (χ0) is 19.9. The van der Waals surface area contributed by atoms with Crippen molar-refractivity contribution in [2.45, 2.75) is 18.7 Å². The van der Waals surface area contributed by atoms with Gasteiger partial charge in [-0.15, -0.1) is 16.9 Å². The molecule has 0 saturated heterocycles. The summed E-state index contributed by atoms with van der Waals surface area (Å²) in [6, 6.07) is 15.2. The Morgan fingerprint density at radius 3 is 2.68 bits per heavy atom. The Hall–Kier alpha value is -3.13. The lowest BCUT2D eigenvalue weighted by Gasteiger charge is -2.07. The van der Waals surface area contributed by atoms with Crippen LogP contribution in [-0.4, -0.2) is 34.4 Å². The quantitative estimate of drug-likeness (QED) is 0.480. The summed E-state index contributed by atoms with van der Waals surface area (Å²) in [5, 5.41) is 10.0. The fourth-order valence-electron chi connectivity index (χ4n) is 2.31. The van der Waals surface area contributed by atoms with Crippen LogP contribution in [0.1, 0.15) is 11.1 Å². The van der Waals surface area contributed by atoms with E-state index >= 15 is 0 Å². The van der Waals surface area contributed by atoms with Gasteiger partial charge in [-0.25, -0.2) is 0 Å². The highest BCUT2D eigenvalue weighted by atomic mass is 32.2. The van der Waals surface area contributed by atoms with E-state index in [1.54, 1.807) is 0 Å². The minimum atomic E-state index is -0.548. The van der Waals surface area contributed by atoms with Gasteiger partial charge in [0.1, 0.15) is 0 Å². The van der Waals surface area contributed by atoms with E-state index in [9.17, 15) is 9.59 Å². The molecule has 1 amide bonds. The van der Waals surface area contributed by atoms with E-state index in [2.05, 4.69) is 15.5 Å². The molecule has 144 valence electrons. The number of rotatable bonds is 7. The van der Waals surface area contributed by atoms with Crippen LogP contribution >= 0.6 is 11.8 Å². The first-order chi connectivity index (χ1) is 13.5. The molecule has 0 saturated carbocycles. The van der Waals surface area contributed by atoms with Crippen LogP contribution in [0.25, 0.3) is 11.5 Å². The van der Waals surface area contributed by atoms with Gasteiger partial charge in [0.2, 0.25) is 5.89 Å². The van der Waals surface area contributed by atoms with Gasteiger partial charge in [0.05, 0.1) is 5.75 Å². The lowest BCUT2D eigenvalue weighted by atomic mass is 10.2. The maximum absolute atomic E-state index is 11.9. The van der Waals surface area contributed by atoms with Crippen LogP contribution in [0, 0.1) is 13.8 Å². The summed E-state index contributed by atoms with van der Waals surface area (Å²) in [6.45, 7) is 3.55. The van der Waals surface area contributed by atoms with E-state index in [1.807, 2.05) is 62.4 Å². The van der Waals surface area contributed by atoms with Gasteiger partial charge in [-0.1, -0.05) is 41.0 Å². The van der Waals surface area contributed by atoms with Crippen molar-refractivity contribution in [2.24, 2.45) is 0 Å². The van der Waals surface area contributed by atoms with Gasteiger partial charge in [0.25, 0.3) is 5.91 Å². The van der Waals surface area contributed by atoms with Crippen LogP contribution in [0.4, 0.5) is 6.01 Å². The number of esters is 1. The molecule has 0 aliphatic carbocycles. The Balaban J connectivity index is 1.45. The first-order valence-electron chi connectivity index (χ1n) is 8.56. The van der Waals surface area contributed by atoms with Crippen molar-refractivity contribution in [1.29, 1.82) is 0 Å². The molecule has 3 aromatic rings. The van der Waals surface area contributed by atoms with Crippen LogP contribution in [0.2, 0.25) is 0 Å². The summed E-state index contributed by atoms with van der Waals surface area (Å²) in [5.74, 6) is -0.612. The number of aromatic nitrogens is 2. The number of nitrogens with zero attached hydrogens (tertiary/aromatic N) is 2. The second-order valence-electron chi connectivity index (χ2n) is 6.04. The van der Waals surface area contributed by atoms with E-state index in [1.165, 1.54) is 11.8 Å². The predicted molar refractivity (Wildman–Crippen MR) is 106 cm³/mol. The molecule has 0 radical (unpaired) electrons. The third kappa shape index (κ3) is 5.43. The van der Waals surface area contributed by atoms with Crippen LogP contribution in [0.5, 0.6) is 0 Å². The molecule has 0 atom stereocenters. The lowest BCUT2D eigenvalue weighted by Crippen LogP contribution is -2.21. The zero-order valence-electron chi connectivity index (χ0n) is 15.5. The molecule has 1 aromatic heterocycles. The zero-order valence-corrected chi connectivity index (χ0v) is 16.3. The number of carbonyl (C=O) groups excluding carboxylic acids is 2. The molecule has 2 aromatic carbocycles. The molecule has 0 fully saturated rings. The molecule has 0 aliphatic rings. The molecule has 8 heteroatoms. The standard InChI is InChI=1S/C20H19N3O4S/c1-13-8-9-14(2)16(10-13)28-12-18(25)26-11-17(24)21-20-23-22-19(27-20)15-6-4-3-5-7-15/h3-10H,11-12H2,1-2H3,(H,21,23,24). The average molecular weight is 397 g/mol. The second kappa shape index (κ2) is 9.18. The number of hydrogen-bond donors (Lipinski definition) is 1. The first kappa shape index (κ1) is 19.6. The maximum atomic E-state index is 11.9. The van der Waals surface area contributed by atoms with Gasteiger partial charge in [0.15, 0.2) is 6.61 Å². The topological polar surface area (TPSA) is 94.3 Å². The monoisotopic (exact) mass is 397 g/mol. The van der Waals surface area contributed by atoms with Crippen LogP contribution in [0.15, 0.2) is 57.8 Å². The Bertz CT molecular complexity index is 973. The van der Waals surface area contributed by atoms with Gasteiger partial charge < -0.3 is 9.15 Å². The lowest BCUT2D eigenvalue weighted by molar-refractivity contribution is -0.144. The number of thioether (sulfide) groups is 1. The van der Waals surface area contributed by atoms with E-state index in [0.717, 1.165) is 21.6 Å². The highest BCUT2D eigenvalue weighted by molar-refractivity contribution is 8.00. The minimum Gasteiger partial charge on any atom is -0.455 e. The van der Waals surface area contributed by atoms with Gasteiger partial charge in [-0.3, -0.25) is 14.9 Å². The molecule has 28 heavy (non-hydrogen) atoms.